The summed E-state index contributed by atoms with van der Waals surface area (Å²) in [4.78, 5) is 27.6. The Hall–Kier alpha value is -3.02. The molecule has 6 heteroatoms. The number of amides is 1. The Kier molecular flexibility index (Phi) is 7.35. The molecule has 0 saturated carbocycles. The van der Waals surface area contributed by atoms with Gasteiger partial charge in [0.2, 0.25) is 0 Å². The van der Waals surface area contributed by atoms with Crippen LogP contribution in [0.15, 0.2) is 40.3 Å². The van der Waals surface area contributed by atoms with Crippen LogP contribution in [0.25, 0.3) is 5.76 Å². The maximum Gasteiger partial charge on any atom is 0.295 e. The summed E-state index contributed by atoms with van der Waals surface area (Å²) in [6.07, 6.45) is 2.72. The first kappa shape index (κ1) is 24.6. The van der Waals surface area contributed by atoms with E-state index in [1.54, 1.807) is 18.2 Å². The molecule has 1 atom stereocenters. The van der Waals surface area contributed by atoms with E-state index in [0.717, 1.165) is 30.6 Å². The number of aliphatic hydroxyl groups is 1. The molecule has 2 heterocycles. The zero-order chi connectivity index (χ0) is 24.3. The second kappa shape index (κ2) is 9.86. The number of nitrogens with zero attached hydrogens (tertiary/aromatic N) is 1. The van der Waals surface area contributed by atoms with E-state index < -0.39 is 17.7 Å². The van der Waals surface area contributed by atoms with E-state index in [2.05, 4.69) is 27.7 Å². The summed E-state index contributed by atoms with van der Waals surface area (Å²) in [7, 11) is 0. The smallest absolute Gasteiger partial charge is 0.295 e. The molecule has 1 aliphatic rings. The lowest BCUT2D eigenvalue weighted by Gasteiger charge is -2.25. The molecule has 33 heavy (non-hydrogen) atoms. The molecule has 2 aromatic rings. The van der Waals surface area contributed by atoms with Crippen molar-refractivity contribution >= 4 is 17.4 Å². The first-order valence-corrected chi connectivity index (χ1v) is 11.7. The van der Waals surface area contributed by atoms with Gasteiger partial charge in [-0.15, -0.1) is 0 Å². The lowest BCUT2D eigenvalue weighted by molar-refractivity contribution is -0.140. The Labute approximate surface area is 196 Å². The number of hydrogen-bond donors (Lipinski definition) is 1. The summed E-state index contributed by atoms with van der Waals surface area (Å²) in [5.41, 5.74) is 1.21. The molecule has 1 saturated heterocycles. The molecule has 1 N–H and O–H groups in total. The third-order valence-electron chi connectivity index (χ3n) is 5.93. The van der Waals surface area contributed by atoms with Gasteiger partial charge in [-0.3, -0.25) is 9.59 Å². The number of aryl methyl sites for hydroxylation is 1. The van der Waals surface area contributed by atoms with Gasteiger partial charge in [0.25, 0.3) is 11.7 Å². The highest BCUT2D eigenvalue weighted by molar-refractivity contribution is 6.46. The van der Waals surface area contributed by atoms with Crippen molar-refractivity contribution in [2.24, 2.45) is 0 Å². The molecule has 1 unspecified atom stereocenters. The molecular weight excluding hydrogens is 418 g/mol. The van der Waals surface area contributed by atoms with Gasteiger partial charge in [0.1, 0.15) is 29.1 Å². The number of hydrogen-bond acceptors (Lipinski definition) is 5. The summed E-state index contributed by atoms with van der Waals surface area (Å²) < 4.78 is 11.6. The standard InChI is InChI=1S/C27H35NO5/c1-7-9-10-15-28-23(21-13-11-17(3)33-21)22(25(30)26(28)31)24(29)18-12-14-20(32-8-2)19(16-18)27(4,5)6/h11-14,16,23,29H,7-10,15H2,1-6H3/b24-22-. The van der Waals surface area contributed by atoms with E-state index in [9.17, 15) is 14.7 Å². The van der Waals surface area contributed by atoms with E-state index in [-0.39, 0.29) is 16.7 Å². The first-order valence-electron chi connectivity index (χ1n) is 11.7. The number of rotatable bonds is 8. The van der Waals surface area contributed by atoms with E-state index in [1.165, 1.54) is 4.90 Å². The summed E-state index contributed by atoms with van der Waals surface area (Å²) >= 11 is 0. The van der Waals surface area contributed by atoms with Crippen molar-refractivity contribution in [1.82, 2.24) is 4.90 Å². The third kappa shape index (κ3) is 5.00. The molecule has 178 valence electrons. The number of furan rings is 1. The van der Waals surface area contributed by atoms with Crippen LogP contribution in [0.5, 0.6) is 5.75 Å². The highest BCUT2D eigenvalue weighted by atomic mass is 16.5. The number of aliphatic hydroxyl groups excluding tert-OH is 1. The predicted molar refractivity (Wildman–Crippen MR) is 128 cm³/mol. The monoisotopic (exact) mass is 453 g/mol. The molecule has 6 nitrogen and oxygen atoms in total. The molecule has 1 amide bonds. The quantitative estimate of drug-likeness (QED) is 0.233. The minimum Gasteiger partial charge on any atom is -0.507 e. The van der Waals surface area contributed by atoms with Crippen molar-refractivity contribution in [1.29, 1.82) is 0 Å². The second-order valence-corrected chi connectivity index (χ2v) is 9.54. The van der Waals surface area contributed by atoms with E-state index >= 15 is 0 Å². The Morgan fingerprint density at radius 3 is 2.42 bits per heavy atom. The lowest BCUT2D eigenvalue weighted by atomic mass is 9.84. The molecule has 1 aromatic heterocycles. The molecule has 1 aliphatic heterocycles. The number of benzene rings is 1. The van der Waals surface area contributed by atoms with Crippen LogP contribution in [0.4, 0.5) is 0 Å². The molecule has 0 bridgehead atoms. The van der Waals surface area contributed by atoms with E-state index in [4.69, 9.17) is 9.15 Å². The zero-order valence-corrected chi connectivity index (χ0v) is 20.5. The van der Waals surface area contributed by atoms with Gasteiger partial charge in [-0.25, -0.2) is 0 Å². The molecule has 3 rings (SSSR count). The Morgan fingerprint density at radius 1 is 1.12 bits per heavy atom. The Morgan fingerprint density at radius 2 is 1.85 bits per heavy atom. The zero-order valence-electron chi connectivity index (χ0n) is 20.5. The van der Waals surface area contributed by atoms with Gasteiger partial charge in [0, 0.05) is 17.7 Å². The average molecular weight is 454 g/mol. The first-order chi connectivity index (χ1) is 15.6. The Balaban J connectivity index is 2.15. The van der Waals surface area contributed by atoms with Crippen LogP contribution < -0.4 is 4.74 Å². The number of ether oxygens (including phenoxy) is 1. The molecule has 1 fully saturated rings. The van der Waals surface area contributed by atoms with Gasteiger partial charge in [-0.1, -0.05) is 40.5 Å². The number of Topliss-reactive ketones (excluding diaryl/α,β-unsaturated/α-hetero) is 1. The number of likely N-dealkylation sites (tertiary alicyclic amines) is 1. The van der Waals surface area contributed by atoms with Gasteiger partial charge < -0.3 is 19.2 Å². The van der Waals surface area contributed by atoms with Crippen LogP contribution >= 0.6 is 0 Å². The lowest BCUT2D eigenvalue weighted by Crippen LogP contribution is -2.30. The minimum atomic E-state index is -0.750. The van der Waals surface area contributed by atoms with E-state index in [1.807, 2.05) is 26.0 Å². The fourth-order valence-corrected chi connectivity index (χ4v) is 4.24. The topological polar surface area (TPSA) is 80.0 Å². The molecule has 0 spiro atoms. The number of unbranched alkanes of at least 4 members (excludes halogenated alkanes) is 2. The van der Waals surface area contributed by atoms with Crippen LogP contribution in [-0.2, 0) is 15.0 Å². The molecule has 0 aliphatic carbocycles. The summed E-state index contributed by atoms with van der Waals surface area (Å²) in [5, 5.41) is 11.3. The summed E-state index contributed by atoms with van der Waals surface area (Å²) in [6, 6.07) is 8.20. The highest BCUT2D eigenvalue weighted by Gasteiger charge is 2.47. The van der Waals surface area contributed by atoms with Gasteiger partial charge in [0.15, 0.2) is 0 Å². The highest BCUT2D eigenvalue weighted by Crippen LogP contribution is 2.41. The summed E-state index contributed by atoms with van der Waals surface area (Å²) in [6.45, 7) is 13.0. The SMILES string of the molecule is CCCCCN1C(=O)C(=O)/C(=C(\O)c2ccc(OCC)c(C(C)(C)C)c2)C1c1ccc(C)o1. The number of carbonyl (C=O) groups excluding carboxylic acids is 2. The van der Waals surface area contributed by atoms with Crippen molar-refractivity contribution in [3.8, 4) is 5.75 Å². The van der Waals surface area contributed by atoms with Crippen LogP contribution in [0.3, 0.4) is 0 Å². The van der Waals surface area contributed by atoms with Crippen molar-refractivity contribution in [3.05, 3.63) is 58.6 Å². The van der Waals surface area contributed by atoms with Crippen molar-refractivity contribution < 1.29 is 23.8 Å². The van der Waals surface area contributed by atoms with Gasteiger partial charge in [-0.2, -0.15) is 0 Å². The van der Waals surface area contributed by atoms with Crippen LogP contribution in [0.1, 0.15) is 82.6 Å². The second-order valence-electron chi connectivity index (χ2n) is 9.54. The predicted octanol–water partition coefficient (Wildman–Crippen LogP) is 5.90. The molecule has 0 radical (unpaired) electrons. The van der Waals surface area contributed by atoms with Gasteiger partial charge >= 0.3 is 0 Å². The molecule has 1 aromatic carbocycles. The average Bonchev–Trinajstić information content (AvgIpc) is 3.29. The third-order valence-corrected chi connectivity index (χ3v) is 5.93. The van der Waals surface area contributed by atoms with E-state index in [0.29, 0.717) is 30.2 Å². The van der Waals surface area contributed by atoms with Crippen molar-refractivity contribution in [3.63, 3.8) is 0 Å². The Bertz CT molecular complexity index is 1060. The van der Waals surface area contributed by atoms with Crippen LogP contribution in [-0.4, -0.2) is 34.8 Å². The largest absolute Gasteiger partial charge is 0.507 e. The maximum absolute atomic E-state index is 13.1. The maximum atomic E-state index is 13.1. The van der Waals surface area contributed by atoms with Crippen LogP contribution in [0, 0.1) is 6.92 Å². The van der Waals surface area contributed by atoms with Crippen molar-refractivity contribution in [2.75, 3.05) is 13.2 Å². The minimum absolute atomic E-state index is 0.0647. The van der Waals surface area contributed by atoms with Gasteiger partial charge in [0.05, 0.1) is 12.2 Å². The fraction of sp³-hybridized carbons (Fsp3) is 0.481. The van der Waals surface area contributed by atoms with Crippen LogP contribution in [0.2, 0.25) is 0 Å². The van der Waals surface area contributed by atoms with Gasteiger partial charge in [-0.05, 0) is 56.0 Å². The summed E-state index contributed by atoms with van der Waals surface area (Å²) in [5.74, 6) is 0.411. The number of carbonyl (C=O) groups is 2. The number of ketones is 1. The van der Waals surface area contributed by atoms with Crippen molar-refractivity contribution in [2.45, 2.75) is 72.3 Å². The molecular formula is C27H35NO5. The normalized spacial score (nSPS) is 18.2. The fourth-order valence-electron chi connectivity index (χ4n) is 4.24.